The number of rotatable bonds is 2. The predicted molar refractivity (Wildman–Crippen MR) is 49.9 cm³/mol. The number of aromatic nitrogens is 1. The van der Waals surface area contributed by atoms with Gasteiger partial charge >= 0.3 is 0 Å². The molecule has 4 heteroatoms. The molecule has 1 aromatic carbocycles. The number of ether oxygens (including phenoxy) is 1. The molecule has 70 valence electrons. The van der Waals surface area contributed by atoms with Crippen molar-refractivity contribution in [2.45, 2.75) is 6.42 Å². The summed E-state index contributed by atoms with van der Waals surface area (Å²) in [7, 11) is 1.59. The van der Waals surface area contributed by atoms with Crippen molar-refractivity contribution in [1.82, 2.24) is 5.16 Å². The van der Waals surface area contributed by atoms with Crippen LogP contribution in [0.15, 0.2) is 22.7 Å². The van der Waals surface area contributed by atoms with E-state index in [0.717, 1.165) is 11.1 Å². The Bertz CT molecular complexity index is 496. The van der Waals surface area contributed by atoms with Gasteiger partial charge in [0.25, 0.3) is 0 Å². The molecule has 14 heavy (non-hydrogen) atoms. The Morgan fingerprint density at radius 3 is 3.14 bits per heavy atom. The highest BCUT2D eigenvalue weighted by molar-refractivity contribution is 5.81. The van der Waals surface area contributed by atoms with E-state index in [0.29, 0.717) is 11.3 Å². The summed E-state index contributed by atoms with van der Waals surface area (Å²) in [5.74, 6) is 0.720. The van der Waals surface area contributed by atoms with Crippen molar-refractivity contribution >= 4 is 11.0 Å². The first-order chi connectivity index (χ1) is 6.85. The van der Waals surface area contributed by atoms with Gasteiger partial charge in [-0.15, -0.1) is 0 Å². The topological polar surface area (TPSA) is 59.0 Å². The summed E-state index contributed by atoms with van der Waals surface area (Å²) in [4.78, 5) is 0. The molecule has 0 saturated heterocycles. The van der Waals surface area contributed by atoms with Crippen LogP contribution in [0, 0.1) is 11.3 Å². The predicted octanol–water partition coefficient (Wildman–Crippen LogP) is 1.90. The third kappa shape index (κ3) is 1.29. The summed E-state index contributed by atoms with van der Waals surface area (Å²) in [5.41, 5.74) is 1.32. The standard InChI is InChI=1S/C10H8N2O2/c1-13-7-2-3-8-9(4-5-11)12-14-10(8)6-7/h2-3,6H,4H2,1H3. The average molecular weight is 188 g/mol. The minimum Gasteiger partial charge on any atom is -0.497 e. The van der Waals surface area contributed by atoms with E-state index in [1.165, 1.54) is 0 Å². The first-order valence-corrected chi connectivity index (χ1v) is 4.14. The molecule has 0 bridgehead atoms. The van der Waals surface area contributed by atoms with Gasteiger partial charge in [0.05, 0.1) is 19.6 Å². The van der Waals surface area contributed by atoms with Crippen LogP contribution in [-0.2, 0) is 6.42 Å². The molecule has 4 nitrogen and oxygen atoms in total. The first-order valence-electron chi connectivity index (χ1n) is 4.14. The maximum atomic E-state index is 8.54. The molecule has 0 amide bonds. The molecule has 0 unspecified atom stereocenters. The SMILES string of the molecule is COc1ccc2c(CC#N)noc2c1. The van der Waals surface area contributed by atoms with Gasteiger partial charge in [0.15, 0.2) is 5.58 Å². The van der Waals surface area contributed by atoms with Gasteiger partial charge < -0.3 is 9.26 Å². The van der Waals surface area contributed by atoms with Gasteiger partial charge in [0.1, 0.15) is 11.4 Å². The van der Waals surface area contributed by atoms with E-state index in [2.05, 4.69) is 5.16 Å². The average Bonchev–Trinajstić information content (AvgIpc) is 2.61. The maximum Gasteiger partial charge on any atom is 0.170 e. The zero-order valence-corrected chi connectivity index (χ0v) is 7.65. The van der Waals surface area contributed by atoms with E-state index in [9.17, 15) is 0 Å². The lowest BCUT2D eigenvalue weighted by molar-refractivity contribution is 0.411. The molecule has 2 aromatic rings. The Labute approximate surface area is 80.7 Å². The van der Waals surface area contributed by atoms with Crippen LogP contribution in [0.5, 0.6) is 5.75 Å². The Balaban J connectivity index is 2.55. The Hall–Kier alpha value is -2.02. The van der Waals surface area contributed by atoms with Gasteiger partial charge in [-0.25, -0.2) is 0 Å². The number of hydrogen-bond donors (Lipinski definition) is 0. The largest absolute Gasteiger partial charge is 0.497 e. The van der Waals surface area contributed by atoms with Crippen LogP contribution >= 0.6 is 0 Å². The minimum absolute atomic E-state index is 0.263. The molecule has 0 radical (unpaired) electrons. The Kier molecular flexibility index (Phi) is 2.07. The number of nitriles is 1. The second-order valence-corrected chi connectivity index (χ2v) is 2.83. The highest BCUT2D eigenvalue weighted by Gasteiger charge is 2.07. The van der Waals surface area contributed by atoms with E-state index < -0.39 is 0 Å². The fourth-order valence-electron chi connectivity index (χ4n) is 1.30. The highest BCUT2D eigenvalue weighted by Crippen LogP contribution is 2.23. The van der Waals surface area contributed by atoms with E-state index >= 15 is 0 Å². The lowest BCUT2D eigenvalue weighted by atomic mass is 10.2. The van der Waals surface area contributed by atoms with Crippen LogP contribution in [-0.4, -0.2) is 12.3 Å². The van der Waals surface area contributed by atoms with Gasteiger partial charge in [0.2, 0.25) is 0 Å². The summed E-state index contributed by atoms with van der Waals surface area (Å²) < 4.78 is 10.1. The summed E-state index contributed by atoms with van der Waals surface area (Å²) >= 11 is 0. The summed E-state index contributed by atoms with van der Waals surface area (Å²) in [6.07, 6.45) is 0.263. The normalized spacial score (nSPS) is 10.0. The van der Waals surface area contributed by atoms with E-state index in [1.54, 1.807) is 13.2 Å². The second kappa shape index (κ2) is 3.38. The summed E-state index contributed by atoms with van der Waals surface area (Å²) in [6, 6.07) is 7.45. The van der Waals surface area contributed by atoms with Crippen LogP contribution in [0.2, 0.25) is 0 Å². The van der Waals surface area contributed by atoms with Crippen LogP contribution in [0.4, 0.5) is 0 Å². The number of methoxy groups -OCH3 is 1. The van der Waals surface area contributed by atoms with E-state index in [4.69, 9.17) is 14.5 Å². The molecule has 0 fully saturated rings. The molecule has 0 aliphatic carbocycles. The summed E-state index contributed by atoms with van der Waals surface area (Å²) in [6.45, 7) is 0. The van der Waals surface area contributed by atoms with Crippen molar-refractivity contribution in [3.05, 3.63) is 23.9 Å². The molecule has 1 aromatic heterocycles. The van der Waals surface area contributed by atoms with Crippen LogP contribution in [0.3, 0.4) is 0 Å². The van der Waals surface area contributed by atoms with Gasteiger partial charge in [0, 0.05) is 11.5 Å². The third-order valence-corrected chi connectivity index (χ3v) is 2.00. The lowest BCUT2D eigenvalue weighted by Gasteiger charge is -1.96. The molecule has 0 atom stereocenters. The fourth-order valence-corrected chi connectivity index (χ4v) is 1.30. The smallest absolute Gasteiger partial charge is 0.170 e. The molecule has 0 aliphatic heterocycles. The van der Waals surface area contributed by atoms with Crippen molar-refractivity contribution in [3.63, 3.8) is 0 Å². The second-order valence-electron chi connectivity index (χ2n) is 2.83. The van der Waals surface area contributed by atoms with Crippen LogP contribution in [0.25, 0.3) is 11.0 Å². The monoisotopic (exact) mass is 188 g/mol. The van der Waals surface area contributed by atoms with E-state index in [1.807, 2.05) is 18.2 Å². The van der Waals surface area contributed by atoms with Gasteiger partial charge in [-0.05, 0) is 12.1 Å². The Morgan fingerprint density at radius 1 is 1.57 bits per heavy atom. The molecular formula is C10H8N2O2. The highest BCUT2D eigenvalue weighted by atomic mass is 16.5. The summed E-state index contributed by atoms with van der Waals surface area (Å²) in [5, 5.41) is 13.2. The maximum absolute atomic E-state index is 8.54. The molecule has 1 heterocycles. The molecule has 2 rings (SSSR count). The van der Waals surface area contributed by atoms with E-state index in [-0.39, 0.29) is 6.42 Å². The van der Waals surface area contributed by atoms with Crippen LogP contribution < -0.4 is 4.74 Å². The van der Waals surface area contributed by atoms with Gasteiger partial charge in [-0.1, -0.05) is 5.16 Å². The quantitative estimate of drug-likeness (QED) is 0.722. The van der Waals surface area contributed by atoms with Crippen molar-refractivity contribution in [1.29, 1.82) is 5.26 Å². The van der Waals surface area contributed by atoms with Crippen LogP contribution in [0.1, 0.15) is 5.69 Å². The molecule has 0 saturated carbocycles. The number of nitrogens with zero attached hydrogens (tertiary/aromatic N) is 2. The number of hydrogen-bond acceptors (Lipinski definition) is 4. The Morgan fingerprint density at radius 2 is 2.43 bits per heavy atom. The molecule has 0 spiro atoms. The zero-order chi connectivity index (χ0) is 9.97. The van der Waals surface area contributed by atoms with Gasteiger partial charge in [-0.3, -0.25) is 0 Å². The lowest BCUT2D eigenvalue weighted by Crippen LogP contribution is -1.83. The fraction of sp³-hybridized carbons (Fsp3) is 0.200. The van der Waals surface area contributed by atoms with Gasteiger partial charge in [-0.2, -0.15) is 5.26 Å². The van der Waals surface area contributed by atoms with Crippen molar-refractivity contribution in [2.24, 2.45) is 0 Å². The van der Waals surface area contributed by atoms with Crippen molar-refractivity contribution in [3.8, 4) is 11.8 Å². The molecule has 0 aliphatic rings. The zero-order valence-electron chi connectivity index (χ0n) is 7.65. The van der Waals surface area contributed by atoms with Crippen molar-refractivity contribution < 1.29 is 9.26 Å². The number of fused-ring (bicyclic) bond motifs is 1. The third-order valence-electron chi connectivity index (χ3n) is 2.00. The minimum atomic E-state index is 0.263. The first kappa shape index (κ1) is 8.57. The molecule has 0 N–H and O–H groups in total. The number of benzene rings is 1. The molecular weight excluding hydrogens is 180 g/mol. The van der Waals surface area contributed by atoms with Crippen molar-refractivity contribution in [2.75, 3.05) is 7.11 Å².